The van der Waals surface area contributed by atoms with E-state index in [1.165, 1.54) is 0 Å². The van der Waals surface area contributed by atoms with Gasteiger partial charge in [0, 0.05) is 11.0 Å². The summed E-state index contributed by atoms with van der Waals surface area (Å²) in [5, 5.41) is 9.74. The van der Waals surface area contributed by atoms with Crippen LogP contribution in [-0.2, 0) is 21.8 Å². The molecule has 0 aliphatic carbocycles. The summed E-state index contributed by atoms with van der Waals surface area (Å²) in [5.41, 5.74) is 3.04. The molecule has 198 valence electrons. The summed E-state index contributed by atoms with van der Waals surface area (Å²) in [6, 6.07) is 28.6. The summed E-state index contributed by atoms with van der Waals surface area (Å²) in [6.45, 7) is 8.23. The van der Waals surface area contributed by atoms with Crippen molar-refractivity contribution in [2.45, 2.75) is 42.5 Å². The van der Waals surface area contributed by atoms with Crippen molar-refractivity contribution in [3.05, 3.63) is 114 Å². The van der Waals surface area contributed by atoms with Gasteiger partial charge in [0.1, 0.15) is 23.8 Å². The van der Waals surface area contributed by atoms with Crippen LogP contribution in [0.15, 0.2) is 107 Å². The van der Waals surface area contributed by atoms with E-state index in [9.17, 15) is 13.5 Å². The topological polar surface area (TPSA) is 63.6 Å². The average molecular weight is 531 g/mol. The van der Waals surface area contributed by atoms with Crippen LogP contribution >= 0.6 is 0 Å². The molecule has 1 N–H and O–H groups in total. The normalized spacial score (nSPS) is 12.3. The third-order valence-electron chi connectivity index (χ3n) is 7.24. The van der Waals surface area contributed by atoms with Gasteiger partial charge in [0.2, 0.25) is 9.84 Å². The summed E-state index contributed by atoms with van der Waals surface area (Å²) in [6.07, 6.45) is 0. The molecule has 0 amide bonds. The molecule has 0 saturated carbocycles. The van der Waals surface area contributed by atoms with Gasteiger partial charge in [-0.15, -0.1) is 0 Å². The monoisotopic (exact) mass is 530 g/mol. The Kier molecular flexibility index (Phi) is 7.68. The molecular weight excluding hydrogens is 494 g/mol. The van der Waals surface area contributed by atoms with E-state index in [4.69, 9.17) is 4.74 Å². The molecule has 0 fully saturated rings. The molecule has 0 bridgehead atoms. The predicted molar refractivity (Wildman–Crippen MR) is 151 cm³/mol. The molecule has 0 radical (unpaired) electrons. The zero-order valence-electron chi connectivity index (χ0n) is 22.7. The Morgan fingerprint density at radius 3 is 1.97 bits per heavy atom. The second-order valence-electron chi connectivity index (χ2n) is 10.8. The van der Waals surface area contributed by atoms with Gasteiger partial charge in [-0.2, -0.15) is 0 Å². The lowest BCUT2D eigenvalue weighted by molar-refractivity contribution is -0.901. The first-order valence-electron chi connectivity index (χ1n) is 12.8. The second-order valence-corrected chi connectivity index (χ2v) is 12.7. The van der Waals surface area contributed by atoms with Gasteiger partial charge in [-0.25, -0.2) is 8.42 Å². The Labute approximate surface area is 226 Å². The molecule has 0 heterocycles. The van der Waals surface area contributed by atoms with E-state index in [1.54, 1.807) is 66.7 Å². The van der Waals surface area contributed by atoms with Crippen molar-refractivity contribution in [2.24, 2.45) is 0 Å². The van der Waals surface area contributed by atoms with Crippen LogP contribution in [0.4, 0.5) is 0 Å². The number of ether oxygens (including phenoxy) is 1. The van der Waals surface area contributed by atoms with Gasteiger partial charge < -0.3 is 14.3 Å². The lowest BCUT2D eigenvalue weighted by Gasteiger charge is -2.31. The van der Waals surface area contributed by atoms with Crippen molar-refractivity contribution in [1.29, 1.82) is 0 Å². The van der Waals surface area contributed by atoms with E-state index in [0.717, 1.165) is 40.0 Å². The van der Waals surface area contributed by atoms with Crippen LogP contribution < -0.4 is 4.74 Å². The first-order chi connectivity index (χ1) is 17.9. The maximum absolute atomic E-state index is 13.0. The number of phenols is 1. The van der Waals surface area contributed by atoms with E-state index in [0.29, 0.717) is 5.75 Å². The minimum absolute atomic E-state index is 0.228. The Balaban J connectivity index is 1.66. The van der Waals surface area contributed by atoms with Crippen LogP contribution in [0.25, 0.3) is 0 Å². The van der Waals surface area contributed by atoms with Crippen LogP contribution in [0.5, 0.6) is 17.2 Å². The number of phenolic OH excluding ortho intramolecular Hbond substituents is 1. The predicted octanol–water partition coefficient (Wildman–Crippen LogP) is 6.94. The molecular formula is C32H36NO4S+. The second kappa shape index (κ2) is 10.6. The van der Waals surface area contributed by atoms with Gasteiger partial charge in [-0.1, -0.05) is 50.2 Å². The first-order valence-corrected chi connectivity index (χ1v) is 14.2. The van der Waals surface area contributed by atoms with Gasteiger partial charge in [0.05, 0.1) is 30.4 Å². The number of hydrogen-bond donors (Lipinski definition) is 1. The van der Waals surface area contributed by atoms with Crippen LogP contribution in [0.3, 0.4) is 0 Å². The zero-order chi connectivity index (χ0) is 27.6. The molecule has 6 heteroatoms. The van der Waals surface area contributed by atoms with Crippen LogP contribution in [0.1, 0.15) is 37.5 Å². The summed E-state index contributed by atoms with van der Waals surface area (Å²) in [4.78, 5) is 0.494. The van der Waals surface area contributed by atoms with E-state index in [1.807, 2.05) is 18.2 Å². The van der Waals surface area contributed by atoms with Gasteiger partial charge in [-0.05, 0) is 78.7 Å². The summed E-state index contributed by atoms with van der Waals surface area (Å²) < 4.78 is 33.0. The number of aromatic hydroxyl groups is 1. The lowest BCUT2D eigenvalue weighted by atomic mass is 9.77. The Morgan fingerprint density at radius 1 is 0.789 bits per heavy atom. The summed E-state index contributed by atoms with van der Waals surface area (Å²) >= 11 is 0. The first kappa shape index (κ1) is 27.4. The zero-order valence-corrected chi connectivity index (χ0v) is 23.5. The highest BCUT2D eigenvalue weighted by Crippen LogP contribution is 2.37. The highest BCUT2D eigenvalue weighted by atomic mass is 32.2. The number of nitrogens with zero attached hydrogens (tertiary/aromatic N) is 1. The molecule has 4 rings (SSSR count). The van der Waals surface area contributed by atoms with Gasteiger partial charge in [0.15, 0.2) is 0 Å². The maximum atomic E-state index is 13.0. The fraction of sp³-hybridized carbons (Fsp3) is 0.250. The maximum Gasteiger partial charge on any atom is 0.206 e. The fourth-order valence-corrected chi connectivity index (χ4v) is 5.64. The highest BCUT2D eigenvalue weighted by molar-refractivity contribution is 7.91. The van der Waals surface area contributed by atoms with Crippen molar-refractivity contribution in [1.82, 2.24) is 0 Å². The quantitative estimate of drug-likeness (QED) is 0.238. The smallest absolute Gasteiger partial charge is 0.206 e. The van der Waals surface area contributed by atoms with E-state index in [2.05, 4.69) is 47.0 Å². The minimum Gasteiger partial charge on any atom is -0.508 e. The van der Waals surface area contributed by atoms with Crippen molar-refractivity contribution in [2.75, 3.05) is 20.6 Å². The Morgan fingerprint density at radius 2 is 1.37 bits per heavy atom. The largest absolute Gasteiger partial charge is 0.508 e. The van der Waals surface area contributed by atoms with Gasteiger partial charge in [-0.3, -0.25) is 0 Å². The summed E-state index contributed by atoms with van der Waals surface area (Å²) in [5.74, 6) is 1.57. The van der Waals surface area contributed by atoms with Crippen molar-refractivity contribution in [3.63, 3.8) is 0 Å². The number of sulfone groups is 1. The van der Waals surface area contributed by atoms with Gasteiger partial charge in [0.25, 0.3) is 0 Å². The lowest BCUT2D eigenvalue weighted by Crippen LogP contribution is -2.38. The van der Waals surface area contributed by atoms with E-state index in [-0.39, 0.29) is 21.0 Å². The van der Waals surface area contributed by atoms with Gasteiger partial charge >= 0.3 is 0 Å². The molecule has 0 aliphatic rings. The molecule has 38 heavy (non-hydrogen) atoms. The molecule has 0 atom stereocenters. The van der Waals surface area contributed by atoms with Crippen LogP contribution in [-0.4, -0.2) is 38.6 Å². The molecule has 0 aliphatic heterocycles. The molecule has 4 aromatic carbocycles. The molecule has 0 spiro atoms. The Bertz CT molecular complexity index is 1490. The summed E-state index contributed by atoms with van der Waals surface area (Å²) in [7, 11) is 0.782. The molecule has 0 saturated heterocycles. The standard InChI is InChI=1S/C32H35NO4S/c1-6-33(4,5)23-24-22-26(32(2,3)25-12-15-27(34)16-13-25)14-21-31(24)37-28-17-19-30(20-18-28)38(35,36)29-10-8-7-9-11-29/h7-22H,6,23H2,1-5H3/p+1. The number of benzene rings is 4. The van der Waals surface area contributed by atoms with E-state index >= 15 is 0 Å². The average Bonchev–Trinajstić information content (AvgIpc) is 2.90. The fourth-order valence-electron chi connectivity index (χ4n) is 4.36. The SMILES string of the molecule is CC[N+](C)(C)Cc1cc(C(C)(C)c2ccc(O)cc2)ccc1Oc1ccc(S(=O)(=O)c2ccccc2)cc1. The molecule has 4 aromatic rings. The number of hydrogen-bond acceptors (Lipinski definition) is 4. The number of rotatable bonds is 9. The minimum atomic E-state index is -3.59. The van der Waals surface area contributed by atoms with Crippen LogP contribution in [0, 0.1) is 0 Å². The van der Waals surface area contributed by atoms with Crippen molar-refractivity contribution in [3.8, 4) is 17.2 Å². The van der Waals surface area contributed by atoms with E-state index < -0.39 is 9.84 Å². The third kappa shape index (κ3) is 5.93. The van der Waals surface area contributed by atoms with Crippen molar-refractivity contribution >= 4 is 9.84 Å². The van der Waals surface area contributed by atoms with Crippen molar-refractivity contribution < 1.29 is 22.7 Å². The molecule has 0 unspecified atom stereocenters. The third-order valence-corrected chi connectivity index (χ3v) is 9.03. The Hall–Kier alpha value is -3.61. The molecule has 5 nitrogen and oxygen atoms in total. The molecule has 0 aromatic heterocycles. The number of quaternary nitrogens is 1. The van der Waals surface area contributed by atoms with Crippen LogP contribution in [0.2, 0.25) is 0 Å². The highest BCUT2D eigenvalue weighted by Gasteiger charge is 2.26.